The van der Waals surface area contributed by atoms with Crippen molar-refractivity contribution in [2.75, 3.05) is 18.8 Å². The van der Waals surface area contributed by atoms with Gasteiger partial charge >= 0.3 is 0 Å². The molecule has 208 valence electrons. The van der Waals surface area contributed by atoms with Gasteiger partial charge < -0.3 is 15.7 Å². The second-order valence-electron chi connectivity index (χ2n) is 9.02. The molecule has 0 spiro atoms. The summed E-state index contributed by atoms with van der Waals surface area (Å²) in [5, 5.41) is 16.2. The first-order valence-corrected chi connectivity index (χ1v) is 14.9. The Bertz CT molecular complexity index is 1380. The predicted molar refractivity (Wildman–Crippen MR) is 156 cm³/mol. The fraction of sp³-hybridized carbons (Fsp3) is 0.286. The molecule has 3 aromatic rings. The van der Waals surface area contributed by atoms with E-state index in [1.54, 1.807) is 36.4 Å². The Kier molecular flexibility index (Phi) is 11.4. The van der Waals surface area contributed by atoms with Crippen molar-refractivity contribution in [2.24, 2.45) is 5.92 Å². The molecule has 0 saturated carbocycles. The molecule has 0 unspecified atom stereocenters. The minimum atomic E-state index is -4.17. The molecule has 8 nitrogen and oxygen atoms in total. The summed E-state index contributed by atoms with van der Waals surface area (Å²) in [5.74, 6) is -0.888. The largest absolute Gasteiger partial charge is 0.384 e. The summed E-state index contributed by atoms with van der Waals surface area (Å²) in [5.41, 5.74) is 3.06. The summed E-state index contributed by atoms with van der Waals surface area (Å²) in [6.45, 7) is 2.77. The van der Waals surface area contributed by atoms with Crippen LogP contribution in [0.3, 0.4) is 0 Å². The SMILES string of the molecule is C[C@H](O)C(=O)NS(=O)(=O)c1ccccc1-c1ccc(CNCCNC(=O)[C@@H](CS)Cc2cccc(Cl)c2)cc1. The molecule has 0 heterocycles. The molecular weight excluding hydrogens is 558 g/mol. The maximum Gasteiger partial charge on any atom is 0.264 e. The zero-order valence-corrected chi connectivity index (χ0v) is 23.9. The number of thiol groups is 1. The second-order valence-corrected chi connectivity index (χ2v) is 11.5. The number of carbonyl (C=O) groups is 2. The van der Waals surface area contributed by atoms with Gasteiger partial charge in [0.05, 0.1) is 10.8 Å². The molecule has 39 heavy (non-hydrogen) atoms. The zero-order valence-electron chi connectivity index (χ0n) is 21.4. The predicted octanol–water partition coefficient (Wildman–Crippen LogP) is 3.19. The van der Waals surface area contributed by atoms with Crippen LogP contribution in [0.5, 0.6) is 0 Å². The fourth-order valence-corrected chi connectivity index (χ4v) is 5.64. The smallest absolute Gasteiger partial charge is 0.264 e. The van der Waals surface area contributed by atoms with Gasteiger partial charge in [-0.3, -0.25) is 9.59 Å². The van der Waals surface area contributed by atoms with Crippen LogP contribution in [0, 0.1) is 5.92 Å². The molecule has 2 atom stereocenters. The molecular formula is C28H32ClN3O5S2. The highest BCUT2D eigenvalue weighted by molar-refractivity contribution is 7.90. The summed E-state index contributed by atoms with van der Waals surface area (Å²) in [4.78, 5) is 24.3. The van der Waals surface area contributed by atoms with Gasteiger partial charge in [-0.05, 0) is 48.2 Å². The number of hydrogen-bond acceptors (Lipinski definition) is 7. The Morgan fingerprint density at radius 2 is 1.67 bits per heavy atom. The average molecular weight is 590 g/mol. The lowest BCUT2D eigenvalue weighted by atomic mass is 10.0. The van der Waals surface area contributed by atoms with Crippen LogP contribution in [-0.4, -0.2) is 50.3 Å². The second kappa shape index (κ2) is 14.5. The molecule has 0 fully saturated rings. The molecule has 0 bridgehead atoms. The van der Waals surface area contributed by atoms with Crippen molar-refractivity contribution >= 4 is 46.1 Å². The molecule has 4 N–H and O–H groups in total. The van der Waals surface area contributed by atoms with Crippen molar-refractivity contribution < 1.29 is 23.1 Å². The van der Waals surface area contributed by atoms with Gasteiger partial charge in [0.15, 0.2) is 0 Å². The van der Waals surface area contributed by atoms with E-state index in [0.29, 0.717) is 48.0 Å². The van der Waals surface area contributed by atoms with Gasteiger partial charge in [0.2, 0.25) is 5.91 Å². The third-order valence-electron chi connectivity index (χ3n) is 5.95. The summed E-state index contributed by atoms with van der Waals surface area (Å²) in [7, 11) is -4.17. The molecule has 0 aromatic heterocycles. The number of sulfonamides is 1. The molecule has 0 aliphatic heterocycles. The van der Waals surface area contributed by atoms with E-state index in [1.165, 1.54) is 13.0 Å². The number of nitrogens with one attached hydrogen (secondary N) is 3. The Labute approximate surface area is 239 Å². The van der Waals surface area contributed by atoms with E-state index in [4.69, 9.17) is 11.6 Å². The molecule has 3 rings (SSSR count). The monoisotopic (exact) mass is 589 g/mol. The number of halogens is 1. The van der Waals surface area contributed by atoms with Crippen molar-refractivity contribution in [1.29, 1.82) is 0 Å². The van der Waals surface area contributed by atoms with E-state index in [0.717, 1.165) is 11.1 Å². The Balaban J connectivity index is 1.51. The van der Waals surface area contributed by atoms with E-state index in [1.807, 2.05) is 35.1 Å². The van der Waals surface area contributed by atoms with Gasteiger partial charge in [0.1, 0.15) is 6.10 Å². The lowest BCUT2D eigenvalue weighted by Crippen LogP contribution is -2.37. The minimum Gasteiger partial charge on any atom is -0.384 e. The summed E-state index contributed by atoms with van der Waals surface area (Å²) >= 11 is 10.4. The van der Waals surface area contributed by atoms with E-state index >= 15 is 0 Å². The van der Waals surface area contributed by atoms with Crippen molar-refractivity contribution in [3.05, 3.63) is 88.9 Å². The Morgan fingerprint density at radius 1 is 0.949 bits per heavy atom. The third kappa shape index (κ3) is 9.08. The molecule has 0 saturated heterocycles. The zero-order chi connectivity index (χ0) is 28.4. The van der Waals surface area contributed by atoms with Crippen molar-refractivity contribution in [3.8, 4) is 11.1 Å². The first kappa shape index (κ1) is 30.6. The molecule has 2 amide bonds. The maximum absolute atomic E-state index is 12.7. The van der Waals surface area contributed by atoms with Crippen LogP contribution in [0.1, 0.15) is 18.1 Å². The van der Waals surface area contributed by atoms with Gasteiger partial charge in [0, 0.05) is 36.0 Å². The minimum absolute atomic E-state index is 0.0597. The van der Waals surface area contributed by atoms with Crippen LogP contribution >= 0.6 is 24.2 Å². The summed E-state index contributed by atoms with van der Waals surface area (Å²) in [6, 6.07) is 21.1. The van der Waals surface area contributed by atoms with E-state index in [2.05, 4.69) is 23.3 Å². The number of carbonyl (C=O) groups excluding carboxylic acids is 2. The van der Waals surface area contributed by atoms with Crippen molar-refractivity contribution in [1.82, 2.24) is 15.4 Å². The number of benzene rings is 3. The van der Waals surface area contributed by atoms with Gasteiger partial charge in [-0.25, -0.2) is 13.1 Å². The molecule has 0 aliphatic carbocycles. The molecule has 11 heteroatoms. The van der Waals surface area contributed by atoms with Crippen molar-refractivity contribution in [3.63, 3.8) is 0 Å². The number of aliphatic hydroxyl groups excluding tert-OH is 1. The van der Waals surface area contributed by atoms with Crippen LogP contribution in [0.25, 0.3) is 11.1 Å². The summed E-state index contributed by atoms with van der Waals surface area (Å²) in [6.07, 6.45) is -0.891. The van der Waals surface area contributed by atoms with Crippen molar-refractivity contribution in [2.45, 2.75) is 30.9 Å². The van der Waals surface area contributed by atoms with Crippen LogP contribution in [0.15, 0.2) is 77.7 Å². The quantitative estimate of drug-likeness (QED) is 0.154. The van der Waals surface area contributed by atoms with Gasteiger partial charge in [-0.1, -0.05) is 66.2 Å². The topological polar surface area (TPSA) is 125 Å². The molecule has 0 aliphatic rings. The van der Waals surface area contributed by atoms with Crippen LogP contribution < -0.4 is 15.4 Å². The van der Waals surface area contributed by atoms with Gasteiger partial charge in [-0.2, -0.15) is 12.6 Å². The number of amides is 2. The van der Waals surface area contributed by atoms with E-state index in [9.17, 15) is 23.1 Å². The number of rotatable bonds is 13. The van der Waals surface area contributed by atoms with E-state index < -0.39 is 22.0 Å². The maximum atomic E-state index is 12.7. The van der Waals surface area contributed by atoms with E-state index in [-0.39, 0.29) is 16.7 Å². The summed E-state index contributed by atoms with van der Waals surface area (Å²) < 4.78 is 27.4. The highest BCUT2D eigenvalue weighted by atomic mass is 35.5. The first-order chi connectivity index (χ1) is 18.6. The Hall–Kier alpha value is -2.89. The highest BCUT2D eigenvalue weighted by Gasteiger charge is 2.23. The fourth-order valence-electron chi connectivity index (χ4n) is 3.85. The third-order valence-corrected chi connectivity index (χ3v) is 8.03. The molecule has 3 aromatic carbocycles. The van der Waals surface area contributed by atoms with Crippen LogP contribution in [0.2, 0.25) is 5.02 Å². The normalized spacial score (nSPS) is 12.9. The highest BCUT2D eigenvalue weighted by Crippen LogP contribution is 2.27. The molecule has 0 radical (unpaired) electrons. The van der Waals surface area contributed by atoms with Gasteiger partial charge in [0.25, 0.3) is 15.9 Å². The van der Waals surface area contributed by atoms with Crippen LogP contribution in [-0.2, 0) is 32.6 Å². The number of hydrogen-bond donors (Lipinski definition) is 5. The first-order valence-electron chi connectivity index (χ1n) is 12.4. The standard InChI is InChI=1S/C28H32ClN3O5S2/c1-19(33)27(34)32-39(36,37)26-8-3-2-7-25(26)22-11-9-20(10-12-22)17-30-13-14-31-28(35)23(18-38)15-21-5-4-6-24(29)16-21/h2-12,16,19,23,30,33,38H,13-15,17-18H2,1H3,(H,31,35)(H,32,34)/t19-,23+/m0/s1. The van der Waals surface area contributed by atoms with Crippen LogP contribution in [0.4, 0.5) is 0 Å². The van der Waals surface area contributed by atoms with Gasteiger partial charge in [-0.15, -0.1) is 0 Å². The number of aliphatic hydroxyl groups is 1. The lowest BCUT2D eigenvalue weighted by molar-refractivity contribution is -0.126. The Morgan fingerprint density at radius 3 is 2.33 bits per heavy atom. The lowest BCUT2D eigenvalue weighted by Gasteiger charge is -2.15. The average Bonchev–Trinajstić information content (AvgIpc) is 2.91.